The Hall–Kier alpha value is -2.60. The number of rotatable bonds is 9. The summed E-state index contributed by atoms with van der Waals surface area (Å²) >= 11 is 18.6. The number of nitrogens with zero attached hydrogens (tertiary/aromatic N) is 1. The van der Waals surface area contributed by atoms with Crippen LogP contribution >= 0.6 is 34.8 Å². The summed E-state index contributed by atoms with van der Waals surface area (Å²) in [4.78, 5) is 29.2. The van der Waals surface area contributed by atoms with Gasteiger partial charge in [0.15, 0.2) is 0 Å². The van der Waals surface area contributed by atoms with Crippen LogP contribution in [0.5, 0.6) is 0 Å². The first-order valence-corrected chi connectivity index (χ1v) is 14.0. The molecule has 0 heterocycles. The number of nitrogens with one attached hydrogen (secondary N) is 1. The summed E-state index contributed by atoms with van der Waals surface area (Å²) in [6.45, 7) is 0.0946. The summed E-state index contributed by atoms with van der Waals surface area (Å²) in [5.74, 6) is -1.21. The number of carbonyl (C=O) groups is 2. The highest BCUT2D eigenvalue weighted by Gasteiger charge is 2.32. The largest absolute Gasteiger partial charge is 0.352 e. The molecule has 38 heavy (non-hydrogen) atoms. The van der Waals surface area contributed by atoms with E-state index < -0.39 is 17.8 Å². The molecule has 0 unspecified atom stereocenters. The molecule has 0 radical (unpaired) electrons. The average Bonchev–Trinajstić information content (AvgIpc) is 2.91. The van der Waals surface area contributed by atoms with E-state index in [1.165, 1.54) is 17.0 Å². The minimum absolute atomic E-state index is 0.0671. The zero-order chi connectivity index (χ0) is 27.1. The molecule has 4 nitrogen and oxygen atoms in total. The second kappa shape index (κ2) is 13.5. The molecule has 3 aromatic carbocycles. The van der Waals surface area contributed by atoms with Crippen LogP contribution in [0.2, 0.25) is 15.1 Å². The molecule has 0 saturated heterocycles. The van der Waals surface area contributed by atoms with Crippen molar-refractivity contribution in [3.8, 4) is 0 Å². The molecule has 0 aliphatic heterocycles. The molecule has 4 rings (SSSR count). The average molecular weight is 576 g/mol. The molecule has 1 aliphatic rings. The van der Waals surface area contributed by atoms with Crippen LogP contribution in [-0.2, 0) is 29.0 Å². The summed E-state index contributed by atoms with van der Waals surface area (Å²) in [5.41, 5.74) is 1.72. The van der Waals surface area contributed by atoms with E-state index in [4.69, 9.17) is 34.8 Å². The summed E-state index contributed by atoms with van der Waals surface area (Å²) < 4.78 is 14.6. The Morgan fingerprint density at radius 2 is 1.61 bits per heavy atom. The van der Waals surface area contributed by atoms with Crippen LogP contribution in [0.1, 0.15) is 48.8 Å². The molecule has 1 fully saturated rings. The van der Waals surface area contributed by atoms with Gasteiger partial charge in [-0.3, -0.25) is 9.59 Å². The fraction of sp³-hybridized carbons (Fsp3) is 0.333. The smallest absolute Gasteiger partial charge is 0.243 e. The topological polar surface area (TPSA) is 49.4 Å². The highest BCUT2D eigenvalue weighted by Crippen LogP contribution is 2.26. The maximum Gasteiger partial charge on any atom is 0.243 e. The first-order chi connectivity index (χ1) is 18.3. The van der Waals surface area contributed by atoms with Crippen LogP contribution in [0.3, 0.4) is 0 Å². The zero-order valence-electron chi connectivity index (χ0n) is 20.9. The fourth-order valence-corrected chi connectivity index (χ4v) is 5.44. The molecule has 0 bridgehead atoms. The van der Waals surface area contributed by atoms with E-state index in [-0.39, 0.29) is 35.5 Å². The summed E-state index contributed by atoms with van der Waals surface area (Å²) in [7, 11) is 0. The predicted octanol–water partition coefficient (Wildman–Crippen LogP) is 7.42. The van der Waals surface area contributed by atoms with E-state index >= 15 is 0 Å². The minimum atomic E-state index is -0.827. The van der Waals surface area contributed by atoms with E-state index in [1.54, 1.807) is 24.3 Å². The van der Waals surface area contributed by atoms with Crippen molar-refractivity contribution in [1.29, 1.82) is 0 Å². The fourth-order valence-electron chi connectivity index (χ4n) is 4.89. The first kappa shape index (κ1) is 28.4. The summed E-state index contributed by atoms with van der Waals surface area (Å²) in [6.07, 6.45) is 5.13. The predicted molar refractivity (Wildman–Crippen MR) is 151 cm³/mol. The molecule has 2 amide bonds. The molecule has 1 aliphatic carbocycles. The lowest BCUT2D eigenvalue weighted by Crippen LogP contribution is -2.53. The summed E-state index contributed by atoms with van der Waals surface area (Å²) in [5, 5.41) is 4.09. The molecule has 1 saturated carbocycles. The van der Waals surface area contributed by atoms with Gasteiger partial charge in [0.1, 0.15) is 11.9 Å². The van der Waals surface area contributed by atoms with Gasteiger partial charge in [0.2, 0.25) is 11.8 Å². The maximum absolute atomic E-state index is 14.6. The zero-order valence-corrected chi connectivity index (χ0v) is 23.2. The quantitative estimate of drug-likeness (QED) is 0.289. The monoisotopic (exact) mass is 574 g/mol. The van der Waals surface area contributed by atoms with Crippen LogP contribution in [0, 0.1) is 5.82 Å². The van der Waals surface area contributed by atoms with Gasteiger partial charge < -0.3 is 10.2 Å². The molecule has 0 spiro atoms. The second-order valence-corrected chi connectivity index (χ2v) is 10.9. The van der Waals surface area contributed by atoms with Crippen LogP contribution < -0.4 is 5.32 Å². The Labute approximate surface area is 238 Å². The normalized spacial score (nSPS) is 14.6. The van der Waals surface area contributed by atoms with Gasteiger partial charge in [-0.25, -0.2) is 4.39 Å². The Morgan fingerprint density at radius 1 is 0.868 bits per heavy atom. The molecule has 0 aromatic heterocycles. The third-order valence-corrected chi connectivity index (χ3v) is 8.04. The highest BCUT2D eigenvalue weighted by molar-refractivity contribution is 6.42. The maximum atomic E-state index is 14.6. The molecule has 8 heteroatoms. The summed E-state index contributed by atoms with van der Waals surface area (Å²) in [6, 6.07) is 18.2. The van der Waals surface area contributed by atoms with Crippen molar-refractivity contribution in [2.24, 2.45) is 0 Å². The van der Waals surface area contributed by atoms with E-state index in [2.05, 4.69) is 5.32 Å². The highest BCUT2D eigenvalue weighted by atomic mass is 35.5. The third kappa shape index (κ3) is 7.49. The van der Waals surface area contributed by atoms with Crippen LogP contribution in [0.15, 0.2) is 66.7 Å². The minimum Gasteiger partial charge on any atom is -0.352 e. The van der Waals surface area contributed by atoms with Gasteiger partial charge in [0.25, 0.3) is 0 Å². The van der Waals surface area contributed by atoms with Gasteiger partial charge >= 0.3 is 0 Å². The van der Waals surface area contributed by atoms with Gasteiger partial charge in [-0.1, -0.05) is 96.5 Å². The van der Waals surface area contributed by atoms with Gasteiger partial charge in [0, 0.05) is 29.6 Å². The number of hydrogen-bond acceptors (Lipinski definition) is 2. The van der Waals surface area contributed by atoms with Crippen molar-refractivity contribution in [2.75, 3.05) is 0 Å². The lowest BCUT2D eigenvalue weighted by molar-refractivity contribution is -0.141. The van der Waals surface area contributed by atoms with Gasteiger partial charge in [0.05, 0.1) is 16.5 Å². The number of hydrogen-bond donors (Lipinski definition) is 1. The molecule has 1 N–H and O–H groups in total. The van der Waals surface area contributed by atoms with Crippen molar-refractivity contribution < 1.29 is 14.0 Å². The Bertz CT molecular complexity index is 1250. The van der Waals surface area contributed by atoms with Crippen LogP contribution in [-0.4, -0.2) is 28.8 Å². The Morgan fingerprint density at radius 3 is 2.29 bits per heavy atom. The van der Waals surface area contributed by atoms with Crippen molar-refractivity contribution in [1.82, 2.24) is 10.2 Å². The van der Waals surface area contributed by atoms with Gasteiger partial charge in [-0.05, 0) is 48.2 Å². The second-order valence-electron chi connectivity index (χ2n) is 9.70. The number of benzene rings is 3. The van der Waals surface area contributed by atoms with Crippen molar-refractivity contribution in [2.45, 2.75) is 63.6 Å². The third-order valence-electron chi connectivity index (χ3n) is 6.95. The van der Waals surface area contributed by atoms with E-state index in [1.807, 2.05) is 30.3 Å². The van der Waals surface area contributed by atoms with Gasteiger partial charge in [-0.15, -0.1) is 0 Å². The molecule has 3 aromatic rings. The van der Waals surface area contributed by atoms with Crippen molar-refractivity contribution in [3.05, 3.63) is 104 Å². The van der Waals surface area contributed by atoms with E-state index in [0.717, 1.165) is 37.7 Å². The molecule has 1 atom stereocenters. The SMILES string of the molecule is O=C(NC1CCCCC1)[C@H](Cc1ccccc1)N(Cc1ccc(Cl)c(Cl)c1)C(=O)Cc1c(F)cccc1Cl. The van der Waals surface area contributed by atoms with Crippen molar-refractivity contribution in [3.63, 3.8) is 0 Å². The number of amides is 2. The van der Waals surface area contributed by atoms with E-state index in [0.29, 0.717) is 22.0 Å². The van der Waals surface area contributed by atoms with E-state index in [9.17, 15) is 14.0 Å². The number of carbonyl (C=O) groups excluding carboxylic acids is 2. The molecular weight excluding hydrogens is 546 g/mol. The van der Waals surface area contributed by atoms with Gasteiger partial charge in [-0.2, -0.15) is 0 Å². The lowest BCUT2D eigenvalue weighted by atomic mass is 9.94. The van der Waals surface area contributed by atoms with Crippen molar-refractivity contribution >= 4 is 46.6 Å². The standard InChI is InChI=1S/C30H30Cl3FN2O2/c31-24-12-7-13-27(34)23(24)18-29(37)36(19-21-14-15-25(32)26(33)16-21)28(17-20-8-3-1-4-9-20)30(38)35-22-10-5-2-6-11-22/h1,3-4,7-9,12-16,22,28H,2,5-6,10-11,17-19H2,(H,35,38)/t28-/m0/s1. The first-order valence-electron chi connectivity index (χ1n) is 12.8. The molecular formula is C30H30Cl3FN2O2. The molecule has 200 valence electrons. The van der Waals surface area contributed by atoms with Crippen LogP contribution in [0.4, 0.5) is 4.39 Å². The van der Waals surface area contributed by atoms with Crippen LogP contribution in [0.25, 0.3) is 0 Å². The Kier molecular flexibility index (Phi) is 10.1. The Balaban J connectivity index is 1.70. The lowest BCUT2D eigenvalue weighted by Gasteiger charge is -2.33. The number of halogens is 4.